The molecule has 0 saturated carbocycles. The van der Waals surface area contributed by atoms with Crippen LogP contribution in [0, 0.1) is 0 Å². The molecule has 0 radical (unpaired) electrons. The summed E-state index contributed by atoms with van der Waals surface area (Å²) >= 11 is 0. The molecule has 0 spiro atoms. The summed E-state index contributed by atoms with van der Waals surface area (Å²) in [5.74, 6) is -0.473. The first-order valence-electron chi connectivity index (χ1n) is 5.31. The smallest absolute Gasteiger partial charge is 0.409 e. The molecule has 5 nitrogen and oxygen atoms in total. The molecule has 2 N–H and O–H groups in total. The molecule has 0 fully saturated rings. The molecule has 0 saturated heterocycles. The largest absolute Gasteiger partial charge is 0.445 e. The summed E-state index contributed by atoms with van der Waals surface area (Å²) in [5, 5.41) is 0. The molecule has 0 aromatic heterocycles. The van der Waals surface area contributed by atoms with E-state index in [1.54, 1.807) is 31.3 Å². The summed E-state index contributed by atoms with van der Waals surface area (Å²) in [5.41, 5.74) is 6.36. The highest BCUT2D eigenvalue weighted by atomic mass is 16.6. The van der Waals surface area contributed by atoms with Crippen molar-refractivity contribution in [3.8, 4) is 0 Å². The van der Waals surface area contributed by atoms with Crippen LogP contribution in [-0.4, -0.2) is 30.5 Å². The third-order valence-electron chi connectivity index (χ3n) is 2.39. The van der Waals surface area contributed by atoms with Gasteiger partial charge in [-0.1, -0.05) is 12.1 Å². The number of carbonyl (C=O) groups is 2. The van der Waals surface area contributed by atoms with Gasteiger partial charge in [0.25, 0.3) is 0 Å². The van der Waals surface area contributed by atoms with E-state index >= 15 is 0 Å². The van der Waals surface area contributed by atoms with Crippen molar-refractivity contribution in [1.82, 2.24) is 4.90 Å². The average Bonchev–Trinajstić information content (AvgIpc) is 2.35. The van der Waals surface area contributed by atoms with Gasteiger partial charge >= 0.3 is 6.09 Å². The number of benzene rings is 1. The van der Waals surface area contributed by atoms with Crippen LogP contribution in [0.3, 0.4) is 0 Å². The van der Waals surface area contributed by atoms with Crippen LogP contribution in [0.15, 0.2) is 24.3 Å². The Labute approximate surface area is 100 Å². The van der Waals surface area contributed by atoms with E-state index in [1.807, 2.05) is 6.92 Å². The van der Waals surface area contributed by atoms with Crippen LogP contribution < -0.4 is 5.73 Å². The Balaban J connectivity index is 2.53. The van der Waals surface area contributed by atoms with Gasteiger partial charge in [-0.15, -0.1) is 0 Å². The Hall–Kier alpha value is -2.04. The lowest BCUT2D eigenvalue weighted by Crippen LogP contribution is -2.26. The Morgan fingerprint density at radius 2 is 1.88 bits per heavy atom. The fourth-order valence-electron chi connectivity index (χ4n) is 1.15. The van der Waals surface area contributed by atoms with Gasteiger partial charge in [0.2, 0.25) is 5.91 Å². The molecule has 2 amide bonds. The maximum absolute atomic E-state index is 11.4. The van der Waals surface area contributed by atoms with E-state index in [9.17, 15) is 9.59 Å². The minimum Gasteiger partial charge on any atom is -0.445 e. The highest BCUT2D eigenvalue weighted by molar-refractivity contribution is 5.92. The van der Waals surface area contributed by atoms with Gasteiger partial charge in [-0.3, -0.25) is 4.79 Å². The molecule has 5 heteroatoms. The Kier molecular flexibility index (Phi) is 4.51. The summed E-state index contributed by atoms with van der Waals surface area (Å²) in [6.07, 6.45) is -0.369. The Bertz CT molecular complexity index is 401. The second-order valence-electron chi connectivity index (χ2n) is 3.63. The molecule has 0 heterocycles. The summed E-state index contributed by atoms with van der Waals surface area (Å²) in [7, 11) is 1.67. The predicted molar refractivity (Wildman–Crippen MR) is 63.4 cm³/mol. The number of carbonyl (C=O) groups excluding carboxylic acids is 2. The van der Waals surface area contributed by atoms with Crippen LogP contribution in [0.25, 0.3) is 0 Å². The highest BCUT2D eigenvalue weighted by Gasteiger charge is 2.07. The standard InChI is InChI=1S/C12H16N2O3/c1-3-14(2)12(16)17-8-9-4-6-10(7-5-9)11(13)15/h4-7H,3,8H2,1-2H3,(H2,13,15). The third kappa shape index (κ3) is 3.79. The van der Waals surface area contributed by atoms with Gasteiger partial charge in [0.15, 0.2) is 0 Å². The zero-order valence-corrected chi connectivity index (χ0v) is 9.97. The first kappa shape index (κ1) is 13.0. The van der Waals surface area contributed by atoms with Crippen molar-refractivity contribution >= 4 is 12.0 Å². The lowest BCUT2D eigenvalue weighted by molar-refractivity contribution is 0.0997. The number of primary amides is 1. The summed E-state index contributed by atoms with van der Waals surface area (Å²) in [6, 6.07) is 6.63. The lowest BCUT2D eigenvalue weighted by Gasteiger charge is -2.14. The van der Waals surface area contributed by atoms with Crippen molar-refractivity contribution in [2.75, 3.05) is 13.6 Å². The molecule has 92 valence electrons. The molecule has 1 aromatic rings. The fraction of sp³-hybridized carbons (Fsp3) is 0.333. The number of hydrogen-bond donors (Lipinski definition) is 1. The van der Waals surface area contributed by atoms with Crippen LogP contribution in [0.5, 0.6) is 0 Å². The van der Waals surface area contributed by atoms with E-state index in [4.69, 9.17) is 10.5 Å². The number of ether oxygens (including phenoxy) is 1. The molecule has 0 aliphatic rings. The molecular formula is C12H16N2O3. The van der Waals surface area contributed by atoms with Gasteiger partial charge in [0, 0.05) is 19.2 Å². The third-order valence-corrected chi connectivity index (χ3v) is 2.39. The van der Waals surface area contributed by atoms with Gasteiger partial charge in [0.1, 0.15) is 6.61 Å². The Morgan fingerprint density at radius 1 is 1.29 bits per heavy atom. The first-order valence-corrected chi connectivity index (χ1v) is 5.31. The second kappa shape index (κ2) is 5.89. The van der Waals surface area contributed by atoms with Gasteiger partial charge in [0.05, 0.1) is 0 Å². The van der Waals surface area contributed by atoms with Crippen LogP contribution in [0.2, 0.25) is 0 Å². The maximum Gasteiger partial charge on any atom is 0.409 e. The van der Waals surface area contributed by atoms with Crippen LogP contribution in [0.4, 0.5) is 4.79 Å². The first-order chi connectivity index (χ1) is 8.04. The van der Waals surface area contributed by atoms with Crippen LogP contribution in [0.1, 0.15) is 22.8 Å². The van der Waals surface area contributed by atoms with Crippen LogP contribution in [-0.2, 0) is 11.3 Å². The second-order valence-corrected chi connectivity index (χ2v) is 3.63. The molecule has 1 aromatic carbocycles. The summed E-state index contributed by atoms with van der Waals surface area (Å²) in [6.45, 7) is 2.64. The number of nitrogens with zero attached hydrogens (tertiary/aromatic N) is 1. The molecule has 0 bridgehead atoms. The fourth-order valence-corrected chi connectivity index (χ4v) is 1.15. The normalized spacial score (nSPS) is 9.76. The SMILES string of the molecule is CCN(C)C(=O)OCc1ccc(C(N)=O)cc1. The zero-order chi connectivity index (χ0) is 12.8. The van der Waals surface area contributed by atoms with Gasteiger partial charge in [-0.25, -0.2) is 4.79 Å². The number of hydrogen-bond acceptors (Lipinski definition) is 3. The Morgan fingerprint density at radius 3 is 2.35 bits per heavy atom. The van der Waals surface area contributed by atoms with Crippen molar-refractivity contribution in [1.29, 1.82) is 0 Å². The van der Waals surface area contributed by atoms with Gasteiger partial charge in [-0.2, -0.15) is 0 Å². The molecule has 17 heavy (non-hydrogen) atoms. The van der Waals surface area contributed by atoms with Gasteiger partial charge < -0.3 is 15.4 Å². The predicted octanol–water partition coefficient (Wildman–Crippen LogP) is 1.37. The van der Waals surface area contributed by atoms with Crippen molar-refractivity contribution in [3.05, 3.63) is 35.4 Å². The summed E-state index contributed by atoms with van der Waals surface area (Å²) in [4.78, 5) is 23.7. The van der Waals surface area contributed by atoms with E-state index in [1.165, 1.54) is 4.90 Å². The van der Waals surface area contributed by atoms with Crippen molar-refractivity contribution in [2.45, 2.75) is 13.5 Å². The van der Waals surface area contributed by atoms with Crippen LogP contribution >= 0.6 is 0 Å². The molecule has 0 aliphatic carbocycles. The maximum atomic E-state index is 11.4. The van der Waals surface area contributed by atoms with Crippen molar-refractivity contribution in [2.24, 2.45) is 5.73 Å². The highest BCUT2D eigenvalue weighted by Crippen LogP contribution is 2.06. The number of amides is 2. The average molecular weight is 236 g/mol. The lowest BCUT2D eigenvalue weighted by atomic mass is 10.1. The molecule has 1 rings (SSSR count). The molecular weight excluding hydrogens is 220 g/mol. The van der Waals surface area contributed by atoms with Crippen molar-refractivity contribution in [3.63, 3.8) is 0 Å². The topological polar surface area (TPSA) is 72.6 Å². The zero-order valence-electron chi connectivity index (χ0n) is 9.97. The quantitative estimate of drug-likeness (QED) is 0.858. The number of nitrogens with two attached hydrogens (primary N) is 1. The van der Waals surface area contributed by atoms with E-state index < -0.39 is 5.91 Å². The minimum absolute atomic E-state index is 0.183. The molecule has 0 atom stereocenters. The van der Waals surface area contributed by atoms with E-state index in [2.05, 4.69) is 0 Å². The van der Waals surface area contributed by atoms with E-state index in [0.717, 1.165) is 5.56 Å². The minimum atomic E-state index is -0.473. The molecule has 0 unspecified atom stereocenters. The summed E-state index contributed by atoms with van der Waals surface area (Å²) < 4.78 is 5.05. The van der Waals surface area contributed by atoms with E-state index in [0.29, 0.717) is 12.1 Å². The van der Waals surface area contributed by atoms with Crippen molar-refractivity contribution < 1.29 is 14.3 Å². The number of rotatable bonds is 4. The monoisotopic (exact) mass is 236 g/mol. The molecule has 0 aliphatic heterocycles. The van der Waals surface area contributed by atoms with Gasteiger partial charge in [-0.05, 0) is 24.6 Å². The van der Waals surface area contributed by atoms with E-state index in [-0.39, 0.29) is 12.7 Å².